The minimum absolute atomic E-state index is 0.0283. The Morgan fingerprint density at radius 1 is 0.595 bits per heavy atom. The van der Waals surface area contributed by atoms with Crippen LogP contribution in [0.4, 0.5) is 0 Å². The molecule has 462 valence electrons. The number of hydrogen-bond donors (Lipinski definition) is 7. The number of esters is 5. The molecule has 4 bridgehead atoms. The van der Waals surface area contributed by atoms with Crippen LogP contribution in [-0.2, 0) is 52.3 Å². The maximum atomic E-state index is 14.5. The Labute approximate surface area is 498 Å². The summed E-state index contributed by atoms with van der Waals surface area (Å²) in [6.45, 7) is 18.5. The molecule has 6 fully saturated rings. The number of aliphatic hydroxyl groups is 7. The molecule has 2 heterocycles. The summed E-state index contributed by atoms with van der Waals surface area (Å²) in [5, 5.41) is 83.9. The van der Waals surface area contributed by atoms with Gasteiger partial charge in [0.1, 0.15) is 47.5 Å². The van der Waals surface area contributed by atoms with Crippen molar-refractivity contribution >= 4 is 58.8 Å². The zero-order valence-corrected chi connectivity index (χ0v) is 50.9. The summed E-state index contributed by atoms with van der Waals surface area (Å²) in [6, 6.07) is 16.4. The Morgan fingerprint density at radius 2 is 0.988 bits per heavy atom. The number of ether oxygens (including phenoxy) is 7. The average molecular weight is 1220 g/mol. The molecule has 0 spiro atoms. The number of halogens is 2. The predicted molar refractivity (Wildman–Crippen MR) is 301 cm³/mol. The first-order valence-electron chi connectivity index (χ1n) is 28.3. The summed E-state index contributed by atoms with van der Waals surface area (Å²) >= 11 is 9.53. The lowest BCUT2D eigenvalue weighted by atomic mass is 9.43. The minimum atomic E-state index is -2.07. The Hall–Kier alpha value is -4.84. The van der Waals surface area contributed by atoms with Crippen LogP contribution in [0.25, 0.3) is 0 Å². The van der Waals surface area contributed by atoms with Gasteiger partial charge in [-0.2, -0.15) is 0 Å². The molecular formula is C62H80Cl2O20. The van der Waals surface area contributed by atoms with Crippen LogP contribution in [0, 0.1) is 39.4 Å². The molecule has 0 radical (unpaired) electrons. The maximum Gasteiger partial charge on any atom is 0.338 e. The van der Waals surface area contributed by atoms with Gasteiger partial charge in [0, 0.05) is 68.6 Å². The summed E-state index contributed by atoms with van der Waals surface area (Å²) in [5.74, 6) is -7.13. The van der Waals surface area contributed by atoms with Crippen molar-refractivity contribution in [2.75, 3.05) is 18.6 Å². The Kier molecular flexibility index (Phi) is 17.9. The summed E-state index contributed by atoms with van der Waals surface area (Å²) in [4.78, 5) is 79.4. The highest BCUT2D eigenvalue weighted by atomic mass is 35.5. The summed E-state index contributed by atoms with van der Waals surface area (Å²) in [7, 11) is 0. The molecule has 2 aliphatic heterocycles. The molecule has 10 rings (SSSR count). The standard InChI is InChI=1S/C31H40O11.C30H38O9.CH2Cl2/c1-15-19(34)13-31(38)26(41-27(37)18-10-8-7-9-11-18)24-29(6,20(35)12-21-30(24,14-39-21)42-17(3)33)25(36)23(40-16(2)32)22(15)28(31,4)5;1-15-19(32)13-30(36)25(38-26(35)18-10-8-7-9-11-18)23-28(6,24(34)16(2)22(15)27(30,4)5)20(33)12-21-29(23,14-37-21)39-17(3)31;2-1-3/h7-11,19-21,23-26,34-36,38H,12-14H2,1-6H3;7-11,16,19-21,23,25,32-33,36H,12-14H2,1-6H3;1H2/t19-,20-,21+,23+,24?,25+,26-,29+,30-,31+;16-,19+,20+,21-,23?,25+,28-,29+,30-;/m01./s1. The number of alkyl halides is 2. The van der Waals surface area contributed by atoms with E-state index < -0.39 is 153 Å². The van der Waals surface area contributed by atoms with Gasteiger partial charge in [-0.1, -0.05) is 77.9 Å². The van der Waals surface area contributed by atoms with Gasteiger partial charge in [0.25, 0.3) is 0 Å². The normalized spacial score (nSPS) is 41.1. The van der Waals surface area contributed by atoms with Crippen LogP contribution in [0.2, 0.25) is 0 Å². The predicted octanol–water partition coefficient (Wildman–Crippen LogP) is 5.22. The number of hydrogen-bond acceptors (Lipinski definition) is 20. The maximum absolute atomic E-state index is 14.5. The van der Waals surface area contributed by atoms with Crippen LogP contribution >= 0.6 is 23.2 Å². The smallest absolute Gasteiger partial charge is 0.338 e. The van der Waals surface area contributed by atoms with Crippen molar-refractivity contribution < 1.29 is 97.7 Å². The van der Waals surface area contributed by atoms with Gasteiger partial charge >= 0.3 is 29.8 Å². The molecule has 2 aromatic carbocycles. The monoisotopic (exact) mass is 1210 g/mol. The third-order valence-electron chi connectivity index (χ3n) is 20.7. The first kappa shape index (κ1) is 65.1. The summed E-state index contributed by atoms with van der Waals surface area (Å²) in [5.41, 5.74) is -10.6. The number of benzene rings is 2. The molecule has 20 nitrogen and oxygen atoms in total. The fourth-order valence-electron chi connectivity index (χ4n) is 16.3. The van der Waals surface area contributed by atoms with E-state index in [1.54, 1.807) is 123 Å². The number of aliphatic hydroxyl groups excluding tert-OH is 5. The summed E-state index contributed by atoms with van der Waals surface area (Å²) in [6.07, 6.45) is -13.1. The second-order valence-electron chi connectivity index (χ2n) is 25.6. The Bertz CT molecular complexity index is 2970. The van der Waals surface area contributed by atoms with Crippen LogP contribution in [0.3, 0.4) is 0 Å². The lowest BCUT2D eigenvalue weighted by Crippen LogP contribution is -2.82. The van der Waals surface area contributed by atoms with E-state index in [-0.39, 0.29) is 66.7 Å². The van der Waals surface area contributed by atoms with Gasteiger partial charge in [-0.15, -0.1) is 23.2 Å². The SMILES string of the molecule is CC(=O)O[C@@H]1C2=C(C)[C@@H](O)C[C@@](O)([C@@H](OC(=O)c3ccccc3)C3[C@](C)([C@@H]1O)[C@@H](O)C[C@H]1OC[C@@]31OC(C)=O)C2(C)C.CC(=O)O[C@@]12CO[C@@H]1C[C@H](O)[C@@]1(C)C(=O)[C@H](C)C3=C(C)[C@@H](O)C[C@@](O)([C@@H](OC(=O)c4ccccc4)C12)C3(C)C.ClCCl. The molecular weight excluding hydrogens is 1140 g/mol. The molecule has 19 atom stereocenters. The van der Waals surface area contributed by atoms with Gasteiger partial charge in [-0.05, 0) is 67.3 Å². The second kappa shape index (κ2) is 23.0. The fraction of sp³-hybridized carbons (Fsp3) is 0.645. The second-order valence-corrected chi connectivity index (χ2v) is 26.4. The van der Waals surface area contributed by atoms with Crippen LogP contribution in [-0.4, -0.2) is 173 Å². The van der Waals surface area contributed by atoms with Crippen molar-refractivity contribution in [1.29, 1.82) is 0 Å². The number of carbonyl (C=O) groups is 6. The third-order valence-corrected chi connectivity index (χ3v) is 20.7. The van der Waals surface area contributed by atoms with Crippen molar-refractivity contribution in [3.8, 4) is 0 Å². The molecule has 2 unspecified atom stereocenters. The van der Waals surface area contributed by atoms with Gasteiger partial charge in [-0.3, -0.25) is 19.2 Å². The average Bonchev–Trinajstić information content (AvgIpc) is 0.871. The van der Waals surface area contributed by atoms with E-state index in [2.05, 4.69) is 0 Å². The van der Waals surface area contributed by atoms with Gasteiger partial charge in [-0.25, -0.2) is 9.59 Å². The van der Waals surface area contributed by atoms with Gasteiger partial charge < -0.3 is 68.9 Å². The van der Waals surface area contributed by atoms with Crippen molar-refractivity contribution in [1.82, 2.24) is 0 Å². The molecule has 0 aromatic heterocycles. The lowest BCUT2D eigenvalue weighted by Gasteiger charge is -2.69. The molecule has 4 saturated carbocycles. The molecule has 8 aliphatic rings. The minimum Gasteiger partial charge on any atom is -0.455 e. The molecule has 0 amide bonds. The fourth-order valence-corrected chi connectivity index (χ4v) is 16.3. The summed E-state index contributed by atoms with van der Waals surface area (Å²) < 4.78 is 41.7. The van der Waals surface area contributed by atoms with E-state index in [0.717, 1.165) is 0 Å². The Balaban J connectivity index is 0.000000210. The zero-order chi connectivity index (χ0) is 62.4. The topological polar surface area (TPSA) is 309 Å². The first-order valence-corrected chi connectivity index (χ1v) is 29.4. The van der Waals surface area contributed by atoms with Crippen LogP contribution in [0.5, 0.6) is 0 Å². The first-order chi connectivity index (χ1) is 39.1. The van der Waals surface area contributed by atoms with E-state index in [1.165, 1.54) is 20.8 Å². The van der Waals surface area contributed by atoms with Gasteiger partial charge in [0.2, 0.25) is 0 Å². The molecule has 22 heteroatoms. The Morgan fingerprint density at radius 3 is 1.39 bits per heavy atom. The number of rotatable bonds is 7. The van der Waals surface area contributed by atoms with Crippen molar-refractivity contribution in [2.45, 2.75) is 192 Å². The highest BCUT2D eigenvalue weighted by Crippen LogP contribution is 2.67. The van der Waals surface area contributed by atoms with Crippen LogP contribution in [0.1, 0.15) is 129 Å². The van der Waals surface area contributed by atoms with Crippen LogP contribution < -0.4 is 0 Å². The number of carbonyl (C=O) groups excluding carboxylic acids is 6. The molecule has 2 aromatic rings. The zero-order valence-electron chi connectivity index (χ0n) is 49.4. The number of Topliss-reactive ketones (excluding diaryl/α,β-unsaturated/α-hetero) is 1. The van der Waals surface area contributed by atoms with E-state index in [4.69, 9.17) is 56.4 Å². The molecule has 84 heavy (non-hydrogen) atoms. The van der Waals surface area contributed by atoms with Gasteiger partial charge in [0.05, 0.1) is 71.3 Å². The third kappa shape index (κ3) is 9.85. The van der Waals surface area contributed by atoms with E-state index in [1.807, 2.05) is 0 Å². The highest BCUT2D eigenvalue weighted by Gasteiger charge is 2.80. The molecule has 7 N–H and O–H groups in total. The number of fused-ring (bicyclic) bond motifs is 10. The van der Waals surface area contributed by atoms with Crippen molar-refractivity contribution in [3.05, 3.63) is 94.1 Å². The van der Waals surface area contributed by atoms with Crippen LogP contribution in [0.15, 0.2) is 83.0 Å². The van der Waals surface area contributed by atoms with E-state index in [9.17, 15) is 64.5 Å². The highest BCUT2D eigenvalue weighted by molar-refractivity contribution is 6.40. The van der Waals surface area contributed by atoms with Crippen molar-refractivity contribution in [3.63, 3.8) is 0 Å². The van der Waals surface area contributed by atoms with E-state index >= 15 is 0 Å². The van der Waals surface area contributed by atoms with E-state index in [0.29, 0.717) is 16.7 Å². The molecule has 2 saturated heterocycles. The van der Waals surface area contributed by atoms with Crippen molar-refractivity contribution in [2.24, 2.45) is 39.4 Å². The van der Waals surface area contributed by atoms with Gasteiger partial charge in [0.15, 0.2) is 17.3 Å². The largest absolute Gasteiger partial charge is 0.455 e. The number of ketones is 1. The lowest BCUT2D eigenvalue weighted by molar-refractivity contribution is -0.365. The molecule has 6 aliphatic carbocycles. The quantitative estimate of drug-likeness (QED) is 0.0809.